The van der Waals surface area contributed by atoms with Crippen molar-refractivity contribution in [1.29, 1.82) is 0 Å². The Labute approximate surface area is 175 Å². The number of fused-ring (bicyclic) bond motifs is 6. The largest absolute Gasteiger partial charge is 0.0616 e. The molecule has 6 rings (SSSR count). The van der Waals surface area contributed by atoms with E-state index in [9.17, 15) is 0 Å². The molecular formula is C30H18. The van der Waals surface area contributed by atoms with Gasteiger partial charge in [-0.3, -0.25) is 0 Å². The molecule has 6 aromatic rings. The Morgan fingerprint density at radius 1 is 0.333 bits per heavy atom. The van der Waals surface area contributed by atoms with Crippen molar-refractivity contribution < 1.29 is 0 Å². The van der Waals surface area contributed by atoms with Gasteiger partial charge in [0.1, 0.15) is 0 Å². The highest BCUT2D eigenvalue weighted by Crippen LogP contribution is 2.30. The lowest BCUT2D eigenvalue weighted by molar-refractivity contribution is 1.70. The summed E-state index contributed by atoms with van der Waals surface area (Å²) < 4.78 is 0. The van der Waals surface area contributed by atoms with Gasteiger partial charge in [-0.25, -0.2) is 0 Å². The molecule has 0 saturated heterocycles. The zero-order chi connectivity index (χ0) is 19.9. The smallest absolute Gasteiger partial charge is 0.0333 e. The third kappa shape index (κ3) is 2.65. The van der Waals surface area contributed by atoms with Crippen LogP contribution in [0.5, 0.6) is 0 Å². The van der Waals surface area contributed by atoms with Crippen LogP contribution in [-0.4, -0.2) is 0 Å². The van der Waals surface area contributed by atoms with Gasteiger partial charge >= 0.3 is 0 Å². The van der Waals surface area contributed by atoms with E-state index >= 15 is 0 Å². The van der Waals surface area contributed by atoms with Crippen LogP contribution in [0.2, 0.25) is 0 Å². The van der Waals surface area contributed by atoms with Gasteiger partial charge in [-0.05, 0) is 44.5 Å². The van der Waals surface area contributed by atoms with E-state index in [1.807, 2.05) is 0 Å². The van der Waals surface area contributed by atoms with E-state index in [1.54, 1.807) is 0 Å². The van der Waals surface area contributed by atoms with Crippen LogP contribution < -0.4 is 0 Å². The van der Waals surface area contributed by atoms with Crippen molar-refractivity contribution in [3.05, 3.63) is 120 Å². The number of hydrogen-bond acceptors (Lipinski definition) is 0. The quantitative estimate of drug-likeness (QED) is 0.188. The predicted molar refractivity (Wildman–Crippen MR) is 129 cm³/mol. The lowest BCUT2D eigenvalue weighted by atomic mass is 9.96. The molecule has 0 amide bonds. The molecule has 0 radical (unpaired) electrons. The van der Waals surface area contributed by atoms with Crippen LogP contribution in [0.3, 0.4) is 0 Å². The number of hydrogen-bond donors (Lipinski definition) is 0. The minimum absolute atomic E-state index is 1.07. The molecule has 0 saturated carbocycles. The summed E-state index contributed by atoms with van der Waals surface area (Å²) in [5, 5.41) is 9.91. The first-order valence-electron chi connectivity index (χ1n) is 10.2. The topological polar surface area (TPSA) is 0 Å². The van der Waals surface area contributed by atoms with Gasteiger partial charge in [-0.2, -0.15) is 0 Å². The van der Waals surface area contributed by atoms with Crippen molar-refractivity contribution in [3.8, 4) is 11.8 Å². The average Bonchev–Trinajstić information content (AvgIpc) is 2.82. The molecule has 138 valence electrons. The van der Waals surface area contributed by atoms with Crippen LogP contribution in [0.1, 0.15) is 11.1 Å². The highest BCUT2D eigenvalue weighted by Gasteiger charge is 2.06. The van der Waals surface area contributed by atoms with Gasteiger partial charge < -0.3 is 0 Å². The summed E-state index contributed by atoms with van der Waals surface area (Å²) in [6.45, 7) is 0. The molecule has 0 heteroatoms. The maximum Gasteiger partial charge on any atom is 0.0333 e. The third-order valence-corrected chi connectivity index (χ3v) is 5.87. The summed E-state index contributed by atoms with van der Waals surface area (Å²) >= 11 is 0. The normalized spacial score (nSPS) is 11.1. The lowest BCUT2D eigenvalue weighted by Crippen LogP contribution is -1.85. The molecule has 0 spiro atoms. The molecule has 0 atom stereocenters. The van der Waals surface area contributed by atoms with E-state index in [0.29, 0.717) is 0 Å². The molecule has 0 N–H and O–H groups in total. The monoisotopic (exact) mass is 378 g/mol. The summed E-state index contributed by atoms with van der Waals surface area (Å²) in [6.07, 6.45) is 0. The standard InChI is InChI=1S/C30H18/c1-3-13-27-21(7-1)15-17-23-9-5-11-25(29(23)27)19-20-26-12-6-10-24-18-16-22-8-2-4-14-28(22)30(24)26/h1-18H. The molecule has 0 aliphatic heterocycles. The second-order valence-corrected chi connectivity index (χ2v) is 7.63. The summed E-state index contributed by atoms with van der Waals surface area (Å²) in [4.78, 5) is 0. The Bertz CT molecular complexity index is 1520. The Morgan fingerprint density at radius 3 is 1.23 bits per heavy atom. The first kappa shape index (κ1) is 16.8. The number of rotatable bonds is 0. The summed E-state index contributed by atoms with van der Waals surface area (Å²) in [6, 6.07) is 38.6. The van der Waals surface area contributed by atoms with Gasteiger partial charge in [0.05, 0.1) is 0 Å². The third-order valence-electron chi connectivity index (χ3n) is 5.87. The van der Waals surface area contributed by atoms with Crippen LogP contribution in [0.15, 0.2) is 109 Å². The molecule has 0 aliphatic rings. The predicted octanol–water partition coefficient (Wildman–Crippen LogP) is 7.70. The second-order valence-electron chi connectivity index (χ2n) is 7.63. The van der Waals surface area contributed by atoms with Crippen molar-refractivity contribution in [2.24, 2.45) is 0 Å². The van der Waals surface area contributed by atoms with Gasteiger partial charge in [0.2, 0.25) is 0 Å². The van der Waals surface area contributed by atoms with E-state index in [2.05, 4.69) is 121 Å². The molecule has 0 fully saturated rings. The Hall–Kier alpha value is -4.08. The Balaban J connectivity index is 1.63. The van der Waals surface area contributed by atoms with Gasteiger partial charge in [-0.15, -0.1) is 0 Å². The fourth-order valence-corrected chi connectivity index (χ4v) is 4.46. The zero-order valence-electron chi connectivity index (χ0n) is 16.4. The first-order chi connectivity index (χ1) is 14.9. The molecule has 0 aromatic heterocycles. The second kappa shape index (κ2) is 6.76. The Morgan fingerprint density at radius 2 is 0.733 bits per heavy atom. The minimum Gasteiger partial charge on any atom is -0.0616 e. The maximum atomic E-state index is 3.50. The molecule has 6 aromatic carbocycles. The van der Waals surface area contributed by atoms with Crippen molar-refractivity contribution in [2.45, 2.75) is 0 Å². The summed E-state index contributed by atoms with van der Waals surface area (Å²) in [5.74, 6) is 7.01. The van der Waals surface area contributed by atoms with E-state index in [0.717, 1.165) is 11.1 Å². The fraction of sp³-hybridized carbons (Fsp3) is 0. The van der Waals surface area contributed by atoms with Crippen LogP contribution >= 0.6 is 0 Å². The van der Waals surface area contributed by atoms with Crippen LogP contribution in [0.4, 0.5) is 0 Å². The molecule has 0 nitrogen and oxygen atoms in total. The lowest BCUT2D eigenvalue weighted by Gasteiger charge is -2.07. The number of benzene rings is 6. The van der Waals surface area contributed by atoms with Crippen LogP contribution in [-0.2, 0) is 0 Å². The van der Waals surface area contributed by atoms with E-state index in [-0.39, 0.29) is 0 Å². The molecule has 0 heterocycles. The van der Waals surface area contributed by atoms with Crippen molar-refractivity contribution >= 4 is 43.1 Å². The van der Waals surface area contributed by atoms with E-state index in [4.69, 9.17) is 0 Å². The molecule has 0 aliphatic carbocycles. The molecule has 0 unspecified atom stereocenters. The highest BCUT2D eigenvalue weighted by molar-refractivity contribution is 6.11. The van der Waals surface area contributed by atoms with Crippen LogP contribution in [0.25, 0.3) is 43.1 Å². The van der Waals surface area contributed by atoms with Crippen LogP contribution in [0, 0.1) is 11.8 Å². The average molecular weight is 378 g/mol. The SMILES string of the molecule is C(#Cc1cccc2ccc3ccccc3c12)c1cccc2ccc3ccccc3c12. The summed E-state index contributed by atoms with van der Waals surface area (Å²) in [5.41, 5.74) is 2.14. The van der Waals surface area contributed by atoms with E-state index in [1.165, 1.54) is 43.1 Å². The first-order valence-corrected chi connectivity index (χ1v) is 10.2. The highest BCUT2D eigenvalue weighted by atomic mass is 14.1. The Kier molecular flexibility index (Phi) is 3.79. The summed E-state index contributed by atoms with van der Waals surface area (Å²) in [7, 11) is 0. The van der Waals surface area contributed by atoms with Crippen molar-refractivity contribution in [1.82, 2.24) is 0 Å². The van der Waals surface area contributed by atoms with E-state index < -0.39 is 0 Å². The molecular weight excluding hydrogens is 360 g/mol. The molecule has 0 bridgehead atoms. The van der Waals surface area contributed by atoms with Gasteiger partial charge in [0, 0.05) is 21.9 Å². The minimum atomic E-state index is 1.07. The van der Waals surface area contributed by atoms with Gasteiger partial charge in [-0.1, -0.05) is 109 Å². The molecule has 30 heavy (non-hydrogen) atoms. The van der Waals surface area contributed by atoms with Gasteiger partial charge in [0.15, 0.2) is 0 Å². The van der Waals surface area contributed by atoms with Crippen molar-refractivity contribution in [2.75, 3.05) is 0 Å². The van der Waals surface area contributed by atoms with Crippen molar-refractivity contribution in [3.63, 3.8) is 0 Å². The maximum absolute atomic E-state index is 3.50. The zero-order valence-corrected chi connectivity index (χ0v) is 16.4. The fourth-order valence-electron chi connectivity index (χ4n) is 4.46. The van der Waals surface area contributed by atoms with Gasteiger partial charge in [0.25, 0.3) is 0 Å².